The summed E-state index contributed by atoms with van der Waals surface area (Å²) < 4.78 is 11.2. The molecule has 0 saturated carbocycles. The molecule has 0 radical (unpaired) electrons. The molecule has 0 saturated heterocycles. The molecule has 0 N–H and O–H groups in total. The summed E-state index contributed by atoms with van der Waals surface area (Å²) in [7, 11) is 0. The SMILES string of the molecule is C=CCCCN(C(=O)OCc1ccccc1)[C@@H](Cc1ccccc1)C(=O)OC(C)(C)C. The zero-order valence-electron chi connectivity index (χ0n) is 18.8. The van der Waals surface area contributed by atoms with Gasteiger partial charge in [0, 0.05) is 13.0 Å². The molecule has 1 amide bonds. The van der Waals surface area contributed by atoms with Gasteiger partial charge in [-0.1, -0.05) is 66.7 Å². The number of unbranched alkanes of at least 4 members (excludes halogenated alkanes) is 1. The van der Waals surface area contributed by atoms with Crippen LogP contribution in [0.5, 0.6) is 0 Å². The van der Waals surface area contributed by atoms with Crippen molar-refractivity contribution in [2.75, 3.05) is 6.54 Å². The average molecular weight is 424 g/mol. The Labute approximate surface area is 185 Å². The fourth-order valence-electron chi connectivity index (χ4n) is 3.11. The van der Waals surface area contributed by atoms with E-state index in [0.717, 1.165) is 17.5 Å². The summed E-state index contributed by atoms with van der Waals surface area (Å²) in [4.78, 5) is 27.7. The molecular weight excluding hydrogens is 390 g/mol. The van der Waals surface area contributed by atoms with E-state index >= 15 is 0 Å². The van der Waals surface area contributed by atoms with Gasteiger partial charge in [-0.15, -0.1) is 6.58 Å². The maximum absolute atomic E-state index is 13.1. The summed E-state index contributed by atoms with van der Waals surface area (Å²) in [6.07, 6.45) is 3.03. The van der Waals surface area contributed by atoms with Crippen molar-refractivity contribution in [3.05, 3.63) is 84.4 Å². The standard InChI is InChI=1S/C26H33NO4/c1-5-6-13-18-27(25(29)30-20-22-16-11-8-12-17-22)23(24(28)31-26(2,3)4)19-21-14-9-7-10-15-21/h5,7-12,14-17,23H,1,6,13,18-20H2,2-4H3/t23-/m0/s1. The van der Waals surface area contributed by atoms with Crippen LogP contribution in [0.25, 0.3) is 0 Å². The molecular formula is C26H33NO4. The molecule has 0 spiro atoms. The molecule has 0 aliphatic heterocycles. The zero-order valence-corrected chi connectivity index (χ0v) is 18.8. The van der Waals surface area contributed by atoms with Crippen molar-refractivity contribution in [1.82, 2.24) is 4.90 Å². The number of allylic oxidation sites excluding steroid dienone is 1. The minimum atomic E-state index is -0.783. The van der Waals surface area contributed by atoms with Crippen molar-refractivity contribution in [3.63, 3.8) is 0 Å². The molecule has 2 aromatic carbocycles. The summed E-state index contributed by atoms with van der Waals surface area (Å²) in [5.41, 5.74) is 1.17. The molecule has 2 rings (SSSR count). The Bertz CT molecular complexity index is 827. The number of hydrogen-bond donors (Lipinski definition) is 0. The average Bonchev–Trinajstić information content (AvgIpc) is 2.74. The molecule has 0 fully saturated rings. The number of nitrogens with zero attached hydrogens (tertiary/aromatic N) is 1. The van der Waals surface area contributed by atoms with E-state index in [1.54, 1.807) is 6.08 Å². The van der Waals surface area contributed by atoms with E-state index in [1.807, 2.05) is 81.4 Å². The van der Waals surface area contributed by atoms with Crippen LogP contribution in [0.3, 0.4) is 0 Å². The number of benzene rings is 2. The number of rotatable bonds is 10. The van der Waals surface area contributed by atoms with E-state index in [-0.39, 0.29) is 6.61 Å². The fourth-order valence-corrected chi connectivity index (χ4v) is 3.11. The van der Waals surface area contributed by atoms with Crippen LogP contribution < -0.4 is 0 Å². The van der Waals surface area contributed by atoms with Crippen molar-refractivity contribution in [2.24, 2.45) is 0 Å². The van der Waals surface area contributed by atoms with Crippen molar-refractivity contribution in [1.29, 1.82) is 0 Å². The Hall–Kier alpha value is -3.08. The second-order valence-corrected chi connectivity index (χ2v) is 8.40. The van der Waals surface area contributed by atoms with Gasteiger partial charge in [0.25, 0.3) is 0 Å². The van der Waals surface area contributed by atoms with Crippen LogP contribution in [-0.2, 0) is 27.3 Å². The van der Waals surface area contributed by atoms with Crippen molar-refractivity contribution in [3.8, 4) is 0 Å². The lowest BCUT2D eigenvalue weighted by atomic mass is 10.0. The molecule has 1 atom stereocenters. The highest BCUT2D eigenvalue weighted by molar-refractivity contribution is 5.82. The van der Waals surface area contributed by atoms with Crippen LogP contribution in [0.4, 0.5) is 4.79 Å². The first-order valence-corrected chi connectivity index (χ1v) is 10.6. The van der Waals surface area contributed by atoms with Gasteiger partial charge in [-0.05, 0) is 44.7 Å². The summed E-state index contributed by atoms with van der Waals surface area (Å²) in [5, 5.41) is 0. The molecule has 2 aromatic rings. The smallest absolute Gasteiger partial charge is 0.410 e. The van der Waals surface area contributed by atoms with E-state index in [4.69, 9.17) is 9.47 Å². The maximum atomic E-state index is 13.1. The van der Waals surface area contributed by atoms with Gasteiger partial charge in [0.15, 0.2) is 0 Å². The largest absolute Gasteiger partial charge is 0.458 e. The Kier molecular flexibility index (Phi) is 9.32. The van der Waals surface area contributed by atoms with E-state index in [9.17, 15) is 9.59 Å². The lowest BCUT2D eigenvalue weighted by molar-refractivity contribution is -0.161. The number of carbonyl (C=O) groups is 2. The number of amides is 1. The van der Waals surface area contributed by atoms with E-state index in [2.05, 4.69) is 6.58 Å². The predicted molar refractivity (Wildman–Crippen MR) is 123 cm³/mol. The molecule has 0 aliphatic carbocycles. The highest BCUT2D eigenvalue weighted by Crippen LogP contribution is 2.18. The number of ether oxygens (including phenoxy) is 2. The lowest BCUT2D eigenvalue weighted by Gasteiger charge is -2.32. The molecule has 0 heterocycles. The number of carbonyl (C=O) groups excluding carboxylic acids is 2. The highest BCUT2D eigenvalue weighted by atomic mass is 16.6. The summed E-state index contributed by atoms with van der Waals surface area (Å²) in [5.74, 6) is -0.438. The molecule has 5 nitrogen and oxygen atoms in total. The van der Waals surface area contributed by atoms with Gasteiger partial charge in [-0.25, -0.2) is 9.59 Å². The Morgan fingerprint density at radius 1 is 1.00 bits per heavy atom. The Balaban J connectivity index is 2.25. The van der Waals surface area contributed by atoms with Gasteiger partial charge in [0.05, 0.1) is 0 Å². The molecule has 0 aromatic heterocycles. The van der Waals surface area contributed by atoms with Gasteiger partial charge in [0.2, 0.25) is 0 Å². The van der Waals surface area contributed by atoms with Crippen LogP contribution in [0.1, 0.15) is 44.7 Å². The summed E-state index contributed by atoms with van der Waals surface area (Å²) in [6, 6.07) is 18.3. The quantitative estimate of drug-likeness (QED) is 0.286. The van der Waals surface area contributed by atoms with E-state index in [1.165, 1.54) is 4.90 Å². The zero-order chi connectivity index (χ0) is 22.7. The highest BCUT2D eigenvalue weighted by Gasteiger charge is 2.34. The second kappa shape index (κ2) is 11.9. The number of esters is 1. The number of hydrogen-bond acceptors (Lipinski definition) is 4. The first-order valence-electron chi connectivity index (χ1n) is 10.6. The van der Waals surface area contributed by atoms with Gasteiger partial charge >= 0.3 is 12.1 Å². The normalized spacial score (nSPS) is 12.0. The third-order valence-electron chi connectivity index (χ3n) is 4.57. The van der Waals surface area contributed by atoms with Gasteiger partial charge < -0.3 is 9.47 Å². The Morgan fingerprint density at radius 2 is 1.58 bits per heavy atom. The van der Waals surface area contributed by atoms with Gasteiger partial charge in [-0.2, -0.15) is 0 Å². The van der Waals surface area contributed by atoms with Crippen molar-refractivity contribution < 1.29 is 19.1 Å². The lowest BCUT2D eigenvalue weighted by Crippen LogP contribution is -2.49. The van der Waals surface area contributed by atoms with Crippen LogP contribution in [0, 0.1) is 0 Å². The summed E-state index contributed by atoms with van der Waals surface area (Å²) in [6.45, 7) is 9.72. The molecule has 0 bridgehead atoms. The topological polar surface area (TPSA) is 55.8 Å². The van der Waals surface area contributed by atoms with Gasteiger partial charge in [0.1, 0.15) is 18.2 Å². The first kappa shape index (κ1) is 24.2. The molecule has 166 valence electrons. The van der Waals surface area contributed by atoms with E-state index < -0.39 is 23.7 Å². The monoisotopic (exact) mass is 423 g/mol. The molecule has 0 unspecified atom stereocenters. The fraction of sp³-hybridized carbons (Fsp3) is 0.385. The molecule has 0 aliphatic rings. The molecule has 31 heavy (non-hydrogen) atoms. The van der Waals surface area contributed by atoms with Crippen molar-refractivity contribution in [2.45, 2.75) is 58.3 Å². The van der Waals surface area contributed by atoms with E-state index in [0.29, 0.717) is 19.4 Å². The third kappa shape index (κ3) is 8.67. The van der Waals surface area contributed by atoms with Crippen LogP contribution in [0.2, 0.25) is 0 Å². The molecule has 5 heteroatoms. The van der Waals surface area contributed by atoms with Gasteiger partial charge in [-0.3, -0.25) is 4.90 Å². The Morgan fingerprint density at radius 3 is 2.13 bits per heavy atom. The van der Waals surface area contributed by atoms with Crippen molar-refractivity contribution >= 4 is 12.1 Å². The second-order valence-electron chi connectivity index (χ2n) is 8.40. The minimum absolute atomic E-state index is 0.143. The maximum Gasteiger partial charge on any atom is 0.410 e. The van der Waals surface area contributed by atoms with Crippen LogP contribution in [0.15, 0.2) is 73.3 Å². The third-order valence-corrected chi connectivity index (χ3v) is 4.57. The minimum Gasteiger partial charge on any atom is -0.458 e. The van der Waals surface area contributed by atoms with Crippen LogP contribution in [-0.4, -0.2) is 35.2 Å². The first-order chi connectivity index (χ1) is 14.8. The summed E-state index contributed by atoms with van der Waals surface area (Å²) >= 11 is 0. The predicted octanol–water partition coefficient (Wildman–Crippen LogP) is 5.54. The van der Waals surface area contributed by atoms with Crippen LogP contribution >= 0.6 is 0 Å².